The van der Waals surface area contributed by atoms with Gasteiger partial charge in [-0.2, -0.15) is 0 Å². The molecule has 3 N–H and O–H groups in total. The fourth-order valence-corrected chi connectivity index (χ4v) is 1.56. The van der Waals surface area contributed by atoms with Gasteiger partial charge in [0.15, 0.2) is 0 Å². The predicted molar refractivity (Wildman–Crippen MR) is 45.4 cm³/mol. The van der Waals surface area contributed by atoms with E-state index in [4.69, 9.17) is 10.8 Å². The lowest BCUT2D eigenvalue weighted by atomic mass is 10.1. The maximum atomic E-state index is 8.82. The van der Waals surface area contributed by atoms with Gasteiger partial charge in [-0.05, 0) is 6.54 Å². The van der Waals surface area contributed by atoms with Crippen molar-refractivity contribution in [3.63, 3.8) is 0 Å². The van der Waals surface area contributed by atoms with E-state index in [1.807, 2.05) is 5.38 Å². The highest BCUT2D eigenvalue weighted by Crippen LogP contribution is 2.09. The molecule has 0 saturated heterocycles. The van der Waals surface area contributed by atoms with Crippen LogP contribution in [0.1, 0.15) is 5.01 Å². The van der Waals surface area contributed by atoms with E-state index < -0.39 is 0 Å². The van der Waals surface area contributed by atoms with Crippen molar-refractivity contribution >= 4 is 11.3 Å². The second-order valence-electron chi connectivity index (χ2n) is 2.41. The molecule has 1 heterocycles. The van der Waals surface area contributed by atoms with E-state index in [1.54, 1.807) is 17.5 Å². The maximum Gasteiger partial charge on any atom is 0.0928 e. The van der Waals surface area contributed by atoms with Crippen molar-refractivity contribution in [2.24, 2.45) is 11.7 Å². The Morgan fingerprint density at radius 2 is 2.55 bits per heavy atom. The molecule has 0 aliphatic carbocycles. The van der Waals surface area contributed by atoms with Crippen LogP contribution in [0.2, 0.25) is 0 Å². The van der Waals surface area contributed by atoms with Crippen LogP contribution in [-0.2, 0) is 6.42 Å². The van der Waals surface area contributed by atoms with Crippen LogP contribution >= 0.6 is 11.3 Å². The number of hydrogen-bond donors (Lipinski definition) is 2. The molecule has 0 aliphatic heterocycles. The smallest absolute Gasteiger partial charge is 0.0928 e. The predicted octanol–water partition coefficient (Wildman–Crippen LogP) is 0.253. The van der Waals surface area contributed by atoms with E-state index in [9.17, 15) is 0 Å². The Morgan fingerprint density at radius 3 is 3.00 bits per heavy atom. The number of nitrogens with zero attached hydrogens (tertiary/aromatic N) is 1. The zero-order valence-electron chi connectivity index (χ0n) is 6.23. The lowest BCUT2D eigenvalue weighted by Crippen LogP contribution is -2.20. The SMILES string of the molecule is NCC(CO)Cc1nccs1. The first-order valence-electron chi connectivity index (χ1n) is 3.56. The van der Waals surface area contributed by atoms with Gasteiger partial charge in [-0.15, -0.1) is 11.3 Å². The summed E-state index contributed by atoms with van der Waals surface area (Å²) < 4.78 is 0. The molecule has 1 unspecified atom stereocenters. The fourth-order valence-electron chi connectivity index (χ4n) is 0.823. The molecule has 0 spiro atoms. The molecule has 0 fully saturated rings. The molecule has 1 aromatic heterocycles. The molecule has 62 valence electrons. The maximum absolute atomic E-state index is 8.82. The fraction of sp³-hybridized carbons (Fsp3) is 0.571. The quantitative estimate of drug-likeness (QED) is 0.684. The monoisotopic (exact) mass is 172 g/mol. The van der Waals surface area contributed by atoms with Crippen molar-refractivity contribution in [2.45, 2.75) is 6.42 Å². The molecule has 1 rings (SSSR count). The van der Waals surface area contributed by atoms with Gasteiger partial charge < -0.3 is 10.8 Å². The van der Waals surface area contributed by atoms with Crippen LogP contribution in [0.15, 0.2) is 11.6 Å². The van der Waals surface area contributed by atoms with Gasteiger partial charge in [0.25, 0.3) is 0 Å². The average Bonchev–Trinajstić information content (AvgIpc) is 2.52. The second kappa shape index (κ2) is 4.43. The van der Waals surface area contributed by atoms with Gasteiger partial charge in [0.1, 0.15) is 0 Å². The van der Waals surface area contributed by atoms with E-state index in [-0.39, 0.29) is 12.5 Å². The molecule has 0 aliphatic rings. The summed E-state index contributed by atoms with van der Waals surface area (Å²) in [6.45, 7) is 0.673. The Morgan fingerprint density at radius 1 is 1.73 bits per heavy atom. The molecular formula is C7H12N2OS. The lowest BCUT2D eigenvalue weighted by molar-refractivity contribution is 0.229. The van der Waals surface area contributed by atoms with Crippen LogP contribution < -0.4 is 5.73 Å². The van der Waals surface area contributed by atoms with E-state index >= 15 is 0 Å². The highest BCUT2D eigenvalue weighted by atomic mass is 32.1. The summed E-state index contributed by atoms with van der Waals surface area (Å²) in [5.74, 6) is 0.168. The highest BCUT2D eigenvalue weighted by Gasteiger charge is 2.07. The summed E-state index contributed by atoms with van der Waals surface area (Å²) in [6, 6.07) is 0. The first-order valence-corrected chi connectivity index (χ1v) is 4.44. The van der Waals surface area contributed by atoms with Crippen LogP contribution in [0, 0.1) is 5.92 Å². The number of aliphatic hydroxyl groups excluding tert-OH is 1. The highest BCUT2D eigenvalue weighted by molar-refractivity contribution is 7.09. The normalized spacial score (nSPS) is 13.3. The van der Waals surface area contributed by atoms with E-state index in [1.165, 1.54) is 0 Å². The van der Waals surface area contributed by atoms with Crippen molar-refractivity contribution < 1.29 is 5.11 Å². The van der Waals surface area contributed by atoms with Gasteiger partial charge >= 0.3 is 0 Å². The van der Waals surface area contributed by atoms with Gasteiger partial charge in [-0.3, -0.25) is 0 Å². The van der Waals surface area contributed by atoms with Crippen LogP contribution in [0.25, 0.3) is 0 Å². The first kappa shape index (κ1) is 8.64. The number of thiazole rings is 1. The second-order valence-corrected chi connectivity index (χ2v) is 3.39. The third kappa shape index (κ3) is 2.57. The Bertz CT molecular complexity index is 184. The van der Waals surface area contributed by atoms with Crippen LogP contribution in [0.3, 0.4) is 0 Å². The molecule has 11 heavy (non-hydrogen) atoms. The van der Waals surface area contributed by atoms with E-state index in [2.05, 4.69) is 4.98 Å². The Kier molecular flexibility index (Phi) is 3.48. The minimum atomic E-state index is 0.149. The Hall–Kier alpha value is -0.450. The molecule has 3 nitrogen and oxygen atoms in total. The summed E-state index contributed by atoms with van der Waals surface area (Å²) in [7, 11) is 0. The minimum absolute atomic E-state index is 0.149. The van der Waals surface area contributed by atoms with Gasteiger partial charge in [-0.25, -0.2) is 4.98 Å². The molecule has 1 atom stereocenters. The van der Waals surface area contributed by atoms with Gasteiger partial charge in [0.2, 0.25) is 0 Å². The number of rotatable bonds is 4. The average molecular weight is 172 g/mol. The number of aromatic nitrogens is 1. The zero-order valence-corrected chi connectivity index (χ0v) is 7.05. The molecule has 0 aromatic carbocycles. The summed E-state index contributed by atoms with van der Waals surface area (Å²) >= 11 is 1.60. The van der Waals surface area contributed by atoms with Crippen molar-refractivity contribution in [1.82, 2.24) is 4.98 Å². The van der Waals surface area contributed by atoms with E-state index in [0.717, 1.165) is 11.4 Å². The number of hydrogen-bond acceptors (Lipinski definition) is 4. The van der Waals surface area contributed by atoms with Crippen LogP contribution in [0.5, 0.6) is 0 Å². The van der Waals surface area contributed by atoms with Crippen molar-refractivity contribution in [1.29, 1.82) is 0 Å². The molecule has 0 amide bonds. The van der Waals surface area contributed by atoms with Gasteiger partial charge in [0, 0.05) is 30.5 Å². The number of nitrogens with two attached hydrogens (primary N) is 1. The van der Waals surface area contributed by atoms with Crippen molar-refractivity contribution in [3.8, 4) is 0 Å². The Balaban J connectivity index is 2.41. The lowest BCUT2D eigenvalue weighted by Gasteiger charge is -2.07. The summed E-state index contributed by atoms with van der Waals surface area (Å²) in [5, 5.41) is 11.8. The largest absolute Gasteiger partial charge is 0.396 e. The molecular weight excluding hydrogens is 160 g/mol. The third-order valence-corrected chi connectivity index (χ3v) is 2.34. The topological polar surface area (TPSA) is 59.1 Å². The number of aliphatic hydroxyl groups is 1. The summed E-state index contributed by atoms with van der Waals surface area (Å²) in [6.07, 6.45) is 2.57. The van der Waals surface area contributed by atoms with Crippen molar-refractivity contribution in [3.05, 3.63) is 16.6 Å². The van der Waals surface area contributed by atoms with E-state index in [0.29, 0.717) is 6.54 Å². The van der Waals surface area contributed by atoms with Gasteiger partial charge in [0.05, 0.1) is 5.01 Å². The zero-order chi connectivity index (χ0) is 8.10. The third-order valence-electron chi connectivity index (χ3n) is 1.54. The van der Waals surface area contributed by atoms with Crippen LogP contribution in [0.4, 0.5) is 0 Å². The molecule has 0 radical (unpaired) electrons. The molecule has 4 heteroatoms. The first-order chi connectivity index (χ1) is 5.36. The molecule has 0 saturated carbocycles. The van der Waals surface area contributed by atoms with Gasteiger partial charge in [-0.1, -0.05) is 0 Å². The minimum Gasteiger partial charge on any atom is -0.396 e. The standard InChI is InChI=1S/C7H12N2OS/c8-4-6(5-10)3-7-9-1-2-11-7/h1-2,6,10H,3-5,8H2. The summed E-state index contributed by atoms with van der Waals surface area (Å²) in [4.78, 5) is 4.10. The van der Waals surface area contributed by atoms with Crippen LogP contribution in [-0.4, -0.2) is 23.2 Å². The molecule has 1 aromatic rings. The molecule has 0 bridgehead atoms. The summed E-state index contributed by atoms with van der Waals surface area (Å²) in [5.41, 5.74) is 5.42. The Labute approximate surface area is 69.9 Å². The van der Waals surface area contributed by atoms with Crippen molar-refractivity contribution in [2.75, 3.05) is 13.2 Å².